The molecule has 0 bridgehead atoms. The molecule has 0 fully saturated rings. The van der Waals surface area contributed by atoms with Gasteiger partial charge in [0, 0.05) is 0 Å². The van der Waals surface area contributed by atoms with Crippen molar-refractivity contribution in [1.82, 2.24) is 19.8 Å². The van der Waals surface area contributed by atoms with E-state index in [1.165, 1.54) is 4.52 Å². The lowest BCUT2D eigenvalue weighted by Crippen LogP contribution is -1.98. The van der Waals surface area contributed by atoms with Crippen molar-refractivity contribution in [3.05, 3.63) is 17.8 Å². The molecule has 0 aliphatic rings. The van der Waals surface area contributed by atoms with E-state index in [1.807, 2.05) is 6.92 Å². The maximum absolute atomic E-state index is 5.45. The van der Waals surface area contributed by atoms with Gasteiger partial charge < -0.3 is 5.73 Å². The van der Waals surface area contributed by atoms with Gasteiger partial charge in [0.25, 0.3) is 0 Å². The van der Waals surface area contributed by atoms with Crippen LogP contribution >= 0.6 is 0 Å². The molecule has 0 saturated carbocycles. The van der Waals surface area contributed by atoms with Crippen LogP contribution in [0.3, 0.4) is 0 Å². The summed E-state index contributed by atoms with van der Waals surface area (Å²) in [5.74, 6) is 0.292. The first-order valence-corrected chi connectivity index (χ1v) is 3.13. The highest BCUT2D eigenvalue weighted by Crippen LogP contribution is 2.05. The van der Waals surface area contributed by atoms with Gasteiger partial charge in [-0.25, -0.2) is 0 Å². The van der Waals surface area contributed by atoms with E-state index in [4.69, 9.17) is 5.73 Å². The smallest absolute Gasteiger partial charge is 0.243 e. The van der Waals surface area contributed by atoms with Crippen LogP contribution in [-0.2, 0) is 0 Å². The quantitative estimate of drug-likeness (QED) is 0.562. The fourth-order valence-electron chi connectivity index (χ4n) is 0.884. The number of nitrogens with zero attached hydrogens (tertiary/aromatic N) is 4. The second kappa shape index (κ2) is 1.91. The molecule has 0 spiro atoms. The van der Waals surface area contributed by atoms with Gasteiger partial charge in [-0.1, -0.05) is 0 Å². The molecular formula is C6H6N5. The van der Waals surface area contributed by atoms with Crippen LogP contribution in [0.25, 0.3) is 5.65 Å². The Kier molecular flexibility index (Phi) is 1.06. The zero-order valence-electron chi connectivity index (χ0n) is 5.94. The first-order valence-electron chi connectivity index (χ1n) is 3.13. The van der Waals surface area contributed by atoms with Crippen molar-refractivity contribution in [3.8, 4) is 0 Å². The fourth-order valence-corrected chi connectivity index (χ4v) is 0.884. The van der Waals surface area contributed by atoms with E-state index in [2.05, 4.69) is 21.5 Å². The van der Waals surface area contributed by atoms with E-state index in [9.17, 15) is 0 Å². The normalized spacial score (nSPS) is 10.6. The maximum Gasteiger partial charge on any atom is 0.243 e. The first-order chi connectivity index (χ1) is 5.29. The summed E-state index contributed by atoms with van der Waals surface area (Å²) in [6.45, 7) is 1.90. The molecule has 0 aromatic carbocycles. The van der Waals surface area contributed by atoms with Crippen LogP contribution in [0.4, 0.5) is 5.95 Å². The second-order valence-corrected chi connectivity index (χ2v) is 2.25. The van der Waals surface area contributed by atoms with E-state index in [0.29, 0.717) is 11.6 Å². The van der Waals surface area contributed by atoms with Gasteiger partial charge in [0.1, 0.15) is 6.20 Å². The monoisotopic (exact) mass is 148 g/mol. The molecule has 2 N–H and O–H groups in total. The summed E-state index contributed by atoms with van der Waals surface area (Å²) in [5, 5.41) is 11.3. The molecule has 55 valence electrons. The third kappa shape index (κ3) is 0.739. The van der Waals surface area contributed by atoms with Crippen molar-refractivity contribution in [3.63, 3.8) is 0 Å². The number of aromatic nitrogens is 4. The summed E-state index contributed by atoms with van der Waals surface area (Å²) >= 11 is 0. The van der Waals surface area contributed by atoms with E-state index in [0.717, 1.165) is 5.56 Å². The predicted molar refractivity (Wildman–Crippen MR) is 38.8 cm³/mol. The largest absolute Gasteiger partial charge is 0.366 e. The van der Waals surface area contributed by atoms with E-state index >= 15 is 0 Å². The fraction of sp³-hybridized carbons (Fsp3) is 0.167. The highest BCUT2D eigenvalue weighted by atomic mass is 15.4. The average molecular weight is 148 g/mol. The Balaban J connectivity index is 2.94. The van der Waals surface area contributed by atoms with Crippen LogP contribution < -0.4 is 5.73 Å². The Morgan fingerprint density at radius 1 is 1.55 bits per heavy atom. The molecule has 2 aromatic heterocycles. The molecule has 0 aliphatic heterocycles. The van der Waals surface area contributed by atoms with E-state index in [1.54, 1.807) is 6.07 Å². The molecule has 0 saturated heterocycles. The summed E-state index contributed by atoms with van der Waals surface area (Å²) < 4.78 is 1.45. The topological polar surface area (TPSA) is 69.1 Å². The number of hydrogen-bond donors (Lipinski definition) is 1. The molecule has 0 amide bonds. The Labute approximate surface area is 62.9 Å². The van der Waals surface area contributed by atoms with Crippen molar-refractivity contribution in [2.45, 2.75) is 6.92 Å². The predicted octanol–water partition coefficient (Wildman–Crippen LogP) is -0.185. The lowest BCUT2D eigenvalue weighted by molar-refractivity contribution is 0.926. The number of nitrogens with two attached hydrogens (primary N) is 1. The number of rotatable bonds is 0. The average Bonchev–Trinajstić information content (AvgIpc) is 2.35. The third-order valence-corrected chi connectivity index (χ3v) is 1.46. The lowest BCUT2D eigenvalue weighted by atomic mass is 10.3. The van der Waals surface area contributed by atoms with Crippen LogP contribution in [0.1, 0.15) is 5.56 Å². The molecule has 1 radical (unpaired) electrons. The van der Waals surface area contributed by atoms with Crippen LogP contribution in [0.5, 0.6) is 0 Å². The molecule has 2 aromatic rings. The number of anilines is 1. The van der Waals surface area contributed by atoms with Crippen molar-refractivity contribution in [2.75, 3.05) is 5.73 Å². The third-order valence-electron chi connectivity index (χ3n) is 1.46. The second-order valence-electron chi connectivity index (χ2n) is 2.25. The zero-order valence-corrected chi connectivity index (χ0v) is 5.94. The Morgan fingerprint density at radius 2 is 2.36 bits per heavy atom. The van der Waals surface area contributed by atoms with Crippen molar-refractivity contribution in [2.24, 2.45) is 0 Å². The van der Waals surface area contributed by atoms with Gasteiger partial charge in [-0.2, -0.15) is 9.61 Å². The minimum absolute atomic E-state index is 0.292. The van der Waals surface area contributed by atoms with Gasteiger partial charge in [0.15, 0.2) is 5.65 Å². The highest BCUT2D eigenvalue weighted by Gasteiger charge is 2.02. The van der Waals surface area contributed by atoms with E-state index in [-0.39, 0.29) is 0 Å². The maximum atomic E-state index is 5.45. The van der Waals surface area contributed by atoms with Crippen LogP contribution in [0.15, 0.2) is 6.07 Å². The minimum atomic E-state index is 0.292. The summed E-state index contributed by atoms with van der Waals surface area (Å²) in [6.07, 6.45) is 2.68. The summed E-state index contributed by atoms with van der Waals surface area (Å²) in [7, 11) is 0. The van der Waals surface area contributed by atoms with Crippen molar-refractivity contribution in [1.29, 1.82) is 0 Å². The standard InChI is InChI=1S/C6H6N5/c1-4-2-3-8-11-5(4)9-10-6(11)7/h2H,1H3,(H2,7,10). The Hall–Kier alpha value is -1.65. The molecule has 2 rings (SSSR count). The first kappa shape index (κ1) is 6.09. The van der Waals surface area contributed by atoms with Crippen LogP contribution in [0.2, 0.25) is 0 Å². The number of hydrogen-bond acceptors (Lipinski definition) is 4. The van der Waals surface area contributed by atoms with Crippen LogP contribution in [0, 0.1) is 13.1 Å². The van der Waals surface area contributed by atoms with Gasteiger partial charge in [0.05, 0.1) is 0 Å². The molecule has 2 heterocycles. The van der Waals surface area contributed by atoms with Crippen molar-refractivity contribution < 1.29 is 0 Å². The molecule has 0 aliphatic carbocycles. The van der Waals surface area contributed by atoms with Crippen molar-refractivity contribution >= 4 is 11.6 Å². The summed E-state index contributed by atoms with van der Waals surface area (Å²) in [5.41, 5.74) is 7.10. The van der Waals surface area contributed by atoms with E-state index < -0.39 is 0 Å². The molecular weight excluding hydrogens is 142 g/mol. The molecule has 5 heteroatoms. The zero-order chi connectivity index (χ0) is 7.84. The van der Waals surface area contributed by atoms with Gasteiger partial charge in [-0.05, 0) is 18.6 Å². The van der Waals surface area contributed by atoms with Gasteiger partial charge in [0.2, 0.25) is 5.95 Å². The number of nitrogen functional groups attached to an aromatic ring is 1. The Morgan fingerprint density at radius 3 is 3.09 bits per heavy atom. The SMILES string of the molecule is Cc1c[c]nn2c(N)nnc12. The number of fused-ring (bicyclic) bond motifs is 1. The number of aryl methyl sites for hydroxylation is 1. The molecule has 0 atom stereocenters. The molecule has 0 unspecified atom stereocenters. The highest BCUT2D eigenvalue weighted by molar-refractivity contribution is 5.47. The lowest BCUT2D eigenvalue weighted by Gasteiger charge is -1.92. The van der Waals surface area contributed by atoms with Gasteiger partial charge in [-0.3, -0.25) is 0 Å². The van der Waals surface area contributed by atoms with Gasteiger partial charge in [-0.15, -0.1) is 10.2 Å². The van der Waals surface area contributed by atoms with Gasteiger partial charge >= 0.3 is 0 Å². The Bertz CT molecular complexity index is 391. The summed E-state index contributed by atoms with van der Waals surface area (Å²) in [6, 6.07) is 1.74. The summed E-state index contributed by atoms with van der Waals surface area (Å²) in [4.78, 5) is 0. The van der Waals surface area contributed by atoms with Crippen LogP contribution in [-0.4, -0.2) is 19.8 Å². The molecule has 5 nitrogen and oxygen atoms in total. The minimum Gasteiger partial charge on any atom is -0.366 e. The molecule has 11 heavy (non-hydrogen) atoms.